The normalized spacial score (nSPS) is 21.1. The second kappa shape index (κ2) is 10.3. The molecule has 3 heterocycles. The molecule has 180 valence electrons. The second-order valence-corrected chi connectivity index (χ2v) is 9.22. The highest BCUT2D eigenvalue weighted by Crippen LogP contribution is 2.32. The number of ether oxygens (including phenoxy) is 1. The molecule has 0 spiro atoms. The van der Waals surface area contributed by atoms with E-state index < -0.39 is 6.10 Å². The fourth-order valence-corrected chi connectivity index (χ4v) is 4.47. The van der Waals surface area contributed by atoms with E-state index in [4.69, 9.17) is 4.74 Å². The van der Waals surface area contributed by atoms with Gasteiger partial charge in [0, 0.05) is 31.9 Å². The average molecular weight is 465 g/mol. The second-order valence-electron chi connectivity index (χ2n) is 9.22. The minimum atomic E-state index is -0.401. The van der Waals surface area contributed by atoms with E-state index >= 15 is 0 Å². The number of allylic oxidation sites excluding steroid dienone is 2. The van der Waals surface area contributed by atoms with E-state index in [0.717, 1.165) is 24.8 Å². The molecule has 2 aromatic rings. The highest BCUT2D eigenvalue weighted by Gasteiger charge is 2.35. The molecule has 0 unspecified atom stereocenters. The zero-order valence-corrected chi connectivity index (χ0v) is 20.0. The third-order valence-electron chi connectivity index (χ3n) is 6.62. The van der Waals surface area contributed by atoms with Gasteiger partial charge < -0.3 is 19.6 Å². The predicted octanol–water partition coefficient (Wildman–Crippen LogP) is 3.04. The lowest BCUT2D eigenvalue weighted by molar-refractivity contribution is 0.0312. The molecule has 8 heteroatoms. The van der Waals surface area contributed by atoms with E-state index in [2.05, 4.69) is 16.0 Å². The van der Waals surface area contributed by atoms with Crippen LogP contribution < -0.4 is 4.74 Å². The van der Waals surface area contributed by atoms with E-state index in [1.165, 1.54) is 5.57 Å². The van der Waals surface area contributed by atoms with Crippen molar-refractivity contribution >= 4 is 17.4 Å². The molecule has 8 nitrogen and oxygen atoms in total. The van der Waals surface area contributed by atoms with Crippen molar-refractivity contribution in [2.24, 2.45) is 5.92 Å². The van der Waals surface area contributed by atoms with Crippen LogP contribution in [0.15, 0.2) is 42.7 Å². The van der Waals surface area contributed by atoms with Crippen molar-refractivity contribution in [2.75, 3.05) is 26.7 Å². The van der Waals surface area contributed by atoms with Gasteiger partial charge in [-0.25, -0.2) is 4.98 Å². The Morgan fingerprint density at radius 1 is 1.35 bits per heavy atom. The van der Waals surface area contributed by atoms with E-state index in [-0.39, 0.29) is 36.3 Å². The van der Waals surface area contributed by atoms with Crippen LogP contribution in [0.1, 0.15) is 59.5 Å². The molecule has 2 amide bonds. The predicted molar refractivity (Wildman–Crippen MR) is 128 cm³/mol. The lowest BCUT2D eigenvalue weighted by Gasteiger charge is -2.37. The smallest absolute Gasteiger partial charge is 0.272 e. The number of rotatable bonds is 6. The van der Waals surface area contributed by atoms with Gasteiger partial charge >= 0.3 is 0 Å². The Morgan fingerprint density at radius 3 is 2.85 bits per heavy atom. The van der Waals surface area contributed by atoms with Gasteiger partial charge in [-0.2, -0.15) is 0 Å². The minimum absolute atomic E-state index is 0.107. The Morgan fingerprint density at radius 2 is 2.18 bits per heavy atom. The van der Waals surface area contributed by atoms with Crippen LogP contribution >= 0.6 is 0 Å². The van der Waals surface area contributed by atoms with Crippen molar-refractivity contribution in [3.05, 3.63) is 59.6 Å². The molecule has 4 rings (SSSR count). The van der Waals surface area contributed by atoms with Gasteiger partial charge in [0.25, 0.3) is 11.8 Å². The number of nitrogens with zero attached hydrogens (tertiary/aromatic N) is 4. The number of aliphatic hydroxyl groups excluding tert-OH is 1. The fraction of sp³-hybridized carbons (Fsp3) is 0.462. The van der Waals surface area contributed by atoms with E-state index in [0.29, 0.717) is 24.3 Å². The third kappa shape index (κ3) is 4.97. The summed E-state index contributed by atoms with van der Waals surface area (Å²) in [6.07, 6.45) is 8.23. The van der Waals surface area contributed by atoms with E-state index in [9.17, 15) is 14.7 Å². The summed E-state index contributed by atoms with van der Waals surface area (Å²) < 4.78 is 6.30. The first-order valence-corrected chi connectivity index (χ1v) is 11.8. The zero-order valence-electron chi connectivity index (χ0n) is 20.0. The number of carbonyl (C=O) groups excluding carboxylic acids is 2. The topological polar surface area (TPSA) is 95.9 Å². The summed E-state index contributed by atoms with van der Waals surface area (Å²) in [5.74, 6) is -0.249. The molecule has 34 heavy (non-hydrogen) atoms. The maximum Gasteiger partial charge on any atom is 0.272 e. The molecule has 0 radical (unpaired) electrons. The zero-order chi connectivity index (χ0) is 24.2. The SMILES string of the molecule is C[C@@H]1CN([C@@H](C)CO)C(=O)c2cc(C3=CCCC3)cnc2O[C@@H]1CN(C)C(=O)c1ccccn1. The minimum Gasteiger partial charge on any atom is -0.472 e. The van der Waals surface area contributed by atoms with Gasteiger partial charge in [0.15, 0.2) is 0 Å². The number of likely N-dealkylation sites (N-methyl/N-ethyl adjacent to an activating group) is 1. The summed E-state index contributed by atoms with van der Waals surface area (Å²) in [7, 11) is 1.72. The summed E-state index contributed by atoms with van der Waals surface area (Å²) in [5, 5.41) is 9.83. The molecule has 3 atom stereocenters. The lowest BCUT2D eigenvalue weighted by atomic mass is 9.99. The van der Waals surface area contributed by atoms with Gasteiger partial charge in [0.1, 0.15) is 17.4 Å². The van der Waals surface area contributed by atoms with Crippen LogP contribution in [-0.2, 0) is 0 Å². The van der Waals surface area contributed by atoms with Crippen molar-refractivity contribution in [3.8, 4) is 5.88 Å². The molecule has 0 aromatic carbocycles. The van der Waals surface area contributed by atoms with E-state index in [1.807, 2.05) is 19.9 Å². The van der Waals surface area contributed by atoms with Gasteiger partial charge in [-0.1, -0.05) is 19.1 Å². The Labute approximate surface area is 200 Å². The van der Waals surface area contributed by atoms with Crippen LogP contribution in [0.25, 0.3) is 5.57 Å². The van der Waals surface area contributed by atoms with Crippen molar-refractivity contribution in [2.45, 2.75) is 45.3 Å². The number of amides is 2. The van der Waals surface area contributed by atoms with Crippen LogP contribution in [0.5, 0.6) is 5.88 Å². The van der Waals surface area contributed by atoms with Crippen LogP contribution in [0.3, 0.4) is 0 Å². The van der Waals surface area contributed by atoms with Crippen LogP contribution in [0, 0.1) is 5.92 Å². The molecule has 1 N–H and O–H groups in total. The molecule has 0 saturated heterocycles. The van der Waals surface area contributed by atoms with Crippen LogP contribution in [0.2, 0.25) is 0 Å². The van der Waals surface area contributed by atoms with Gasteiger partial charge in [-0.15, -0.1) is 0 Å². The number of pyridine rings is 2. The Hall–Kier alpha value is -3.26. The number of aromatic nitrogens is 2. The molecular weight excluding hydrogens is 432 g/mol. The number of carbonyl (C=O) groups is 2. The average Bonchev–Trinajstić information content (AvgIpc) is 3.40. The van der Waals surface area contributed by atoms with Crippen molar-refractivity contribution < 1.29 is 19.4 Å². The first-order chi connectivity index (χ1) is 16.4. The summed E-state index contributed by atoms with van der Waals surface area (Å²) in [6.45, 7) is 4.37. The van der Waals surface area contributed by atoms with Crippen LogP contribution in [0.4, 0.5) is 0 Å². The van der Waals surface area contributed by atoms with Gasteiger partial charge in [0.05, 0.1) is 19.2 Å². The molecule has 1 aliphatic heterocycles. The van der Waals surface area contributed by atoms with Crippen molar-refractivity contribution in [3.63, 3.8) is 0 Å². The van der Waals surface area contributed by atoms with Gasteiger partial charge in [0.2, 0.25) is 5.88 Å². The van der Waals surface area contributed by atoms with Crippen molar-refractivity contribution in [1.82, 2.24) is 19.8 Å². The number of aliphatic hydroxyl groups is 1. The first kappa shape index (κ1) is 23.9. The Bertz CT molecular complexity index is 1070. The molecule has 0 bridgehead atoms. The summed E-state index contributed by atoms with van der Waals surface area (Å²) >= 11 is 0. The largest absolute Gasteiger partial charge is 0.472 e. The van der Waals surface area contributed by atoms with Crippen molar-refractivity contribution in [1.29, 1.82) is 0 Å². The van der Waals surface area contributed by atoms with Crippen LogP contribution in [-0.4, -0.2) is 75.6 Å². The lowest BCUT2D eigenvalue weighted by Crippen LogP contribution is -2.50. The quantitative estimate of drug-likeness (QED) is 0.706. The van der Waals surface area contributed by atoms with Gasteiger partial charge in [-0.3, -0.25) is 14.6 Å². The maximum atomic E-state index is 13.5. The number of hydrogen-bond acceptors (Lipinski definition) is 6. The first-order valence-electron chi connectivity index (χ1n) is 11.8. The Kier molecular flexibility index (Phi) is 7.26. The Balaban J connectivity index is 1.65. The van der Waals surface area contributed by atoms with E-state index in [1.54, 1.807) is 47.4 Å². The summed E-state index contributed by atoms with van der Waals surface area (Å²) in [4.78, 5) is 38.4. The maximum absolute atomic E-state index is 13.5. The highest BCUT2D eigenvalue weighted by atomic mass is 16.5. The number of hydrogen-bond donors (Lipinski definition) is 1. The number of fused-ring (bicyclic) bond motifs is 1. The fourth-order valence-electron chi connectivity index (χ4n) is 4.47. The summed E-state index contributed by atoms with van der Waals surface area (Å²) in [5.41, 5.74) is 2.87. The van der Waals surface area contributed by atoms with Gasteiger partial charge in [-0.05, 0) is 55.5 Å². The summed E-state index contributed by atoms with van der Waals surface area (Å²) in [6, 6.07) is 6.72. The molecule has 1 aliphatic carbocycles. The standard InChI is InChI=1S/C26H32N4O4/c1-17-14-30(18(2)16-31)25(32)21-12-20(19-8-4-5-9-19)13-28-24(21)34-23(17)15-29(3)26(33)22-10-6-7-11-27-22/h6-8,10-13,17-18,23,31H,4-5,9,14-16H2,1-3H3/t17-,18+,23-/m1/s1. The monoisotopic (exact) mass is 464 g/mol. The molecule has 2 aromatic heterocycles. The molecule has 0 saturated carbocycles. The molecule has 0 fully saturated rings. The highest BCUT2D eigenvalue weighted by molar-refractivity contribution is 5.97. The third-order valence-corrected chi connectivity index (χ3v) is 6.62. The molecule has 2 aliphatic rings. The molecular formula is C26H32N4O4.